The molecule has 0 radical (unpaired) electrons. The average molecular weight is 526 g/mol. The molecule has 1 N–H and O–H groups in total. The number of hydrogen-bond acceptors (Lipinski definition) is 5. The Hall–Kier alpha value is -1.67. The van der Waals surface area contributed by atoms with Crippen LogP contribution in [0, 0.1) is 34.5 Å². The molecule has 9 heteroatoms. The Kier molecular flexibility index (Phi) is 5.89. The van der Waals surface area contributed by atoms with E-state index in [1.807, 2.05) is 13.1 Å². The van der Waals surface area contributed by atoms with Crippen LogP contribution in [-0.2, 0) is 14.3 Å². The standard InChI is InChI=1S/C27H36ClF2N2O4/c1-6-23(35)36-27(22(34)12-28)14(2)7-16-17-8-19(29)18-9-20-15(13-32(5)31-20)10-24(18,3)26(17,30)21(33)11-25(16,27)4/h9,13-17,19,21,33H,6-8,10-12H2,1-5H3/q+1/t14-,15?,16-,17-,19-,21-,24-,25-,26-,27+/m0/s1. The van der Waals surface area contributed by atoms with E-state index >= 15 is 8.78 Å². The second kappa shape index (κ2) is 8.16. The Bertz CT molecular complexity index is 1110. The summed E-state index contributed by atoms with van der Waals surface area (Å²) in [4.78, 5) is 26.0. The second-order valence-corrected chi connectivity index (χ2v) is 12.3. The zero-order valence-electron chi connectivity index (χ0n) is 21.6. The number of allylic oxidation sites excluding steroid dienone is 2. The molecular formula is C27H36ClF2N2O4+. The highest BCUT2D eigenvalue weighted by molar-refractivity contribution is 6.29. The molecule has 3 fully saturated rings. The Labute approximate surface area is 215 Å². The van der Waals surface area contributed by atoms with Crippen LogP contribution >= 0.6 is 11.6 Å². The van der Waals surface area contributed by atoms with Gasteiger partial charge in [-0.15, -0.1) is 11.6 Å². The molecule has 0 spiro atoms. The molecular weight excluding hydrogens is 490 g/mol. The molecule has 36 heavy (non-hydrogen) atoms. The highest BCUT2D eigenvalue weighted by atomic mass is 35.5. The molecule has 198 valence electrons. The van der Waals surface area contributed by atoms with Crippen molar-refractivity contribution < 1.29 is 32.9 Å². The normalized spacial score (nSPS) is 49.1. The Morgan fingerprint density at radius 2 is 1.97 bits per heavy atom. The van der Waals surface area contributed by atoms with Gasteiger partial charge >= 0.3 is 5.97 Å². The van der Waals surface area contributed by atoms with Crippen LogP contribution in [0.15, 0.2) is 16.8 Å². The van der Waals surface area contributed by atoms with Crippen LogP contribution in [0.25, 0.3) is 0 Å². The Balaban J connectivity index is 1.64. The molecule has 0 bridgehead atoms. The maximum absolute atomic E-state index is 17.7. The number of esters is 1. The molecule has 4 aliphatic carbocycles. The van der Waals surface area contributed by atoms with Crippen molar-refractivity contribution in [2.75, 3.05) is 12.9 Å². The van der Waals surface area contributed by atoms with E-state index in [0.29, 0.717) is 18.4 Å². The monoisotopic (exact) mass is 525 g/mol. The van der Waals surface area contributed by atoms with E-state index in [0.717, 1.165) is 5.71 Å². The van der Waals surface area contributed by atoms with E-state index in [1.54, 1.807) is 38.6 Å². The molecule has 0 amide bonds. The zero-order valence-corrected chi connectivity index (χ0v) is 22.3. The quantitative estimate of drug-likeness (QED) is 0.342. The number of carbonyl (C=O) groups excluding carboxylic acids is 2. The van der Waals surface area contributed by atoms with Gasteiger partial charge in [0, 0.05) is 29.1 Å². The van der Waals surface area contributed by atoms with Crippen molar-refractivity contribution in [3.8, 4) is 0 Å². The number of hydrogen-bond donors (Lipinski definition) is 1. The fourth-order valence-electron chi connectivity index (χ4n) is 8.94. The summed E-state index contributed by atoms with van der Waals surface area (Å²) in [6, 6.07) is 0. The molecule has 0 saturated heterocycles. The summed E-state index contributed by atoms with van der Waals surface area (Å²) in [6.45, 7) is 6.99. The number of nitrogens with zero attached hydrogens (tertiary/aromatic N) is 2. The maximum Gasteiger partial charge on any atom is 0.306 e. The number of ketones is 1. The van der Waals surface area contributed by atoms with E-state index < -0.39 is 63.9 Å². The summed E-state index contributed by atoms with van der Waals surface area (Å²) in [7, 11) is 1.79. The van der Waals surface area contributed by atoms with Gasteiger partial charge in [0.05, 0.1) is 17.9 Å². The lowest BCUT2D eigenvalue weighted by Gasteiger charge is -2.64. The number of aliphatic hydroxyl groups excluding tert-OH is 1. The number of alkyl halides is 3. The first-order valence-electron chi connectivity index (χ1n) is 13.0. The first-order chi connectivity index (χ1) is 16.8. The van der Waals surface area contributed by atoms with Crippen molar-refractivity contribution in [1.29, 1.82) is 0 Å². The minimum Gasteiger partial charge on any atom is -0.450 e. The van der Waals surface area contributed by atoms with Gasteiger partial charge in [0.25, 0.3) is 0 Å². The zero-order chi connectivity index (χ0) is 26.4. The lowest BCUT2D eigenvalue weighted by molar-refractivity contribution is -0.495. The number of fused-ring (bicyclic) bond motifs is 6. The number of carbonyl (C=O) groups is 2. The summed E-state index contributed by atoms with van der Waals surface area (Å²) in [5.41, 5.74) is -4.95. The number of rotatable bonds is 4. The highest BCUT2D eigenvalue weighted by Gasteiger charge is 2.78. The third-order valence-corrected chi connectivity index (χ3v) is 10.7. The number of halogens is 3. The fourth-order valence-corrected chi connectivity index (χ4v) is 9.14. The van der Waals surface area contributed by atoms with E-state index in [-0.39, 0.29) is 31.1 Å². The summed E-state index contributed by atoms with van der Waals surface area (Å²) < 4.78 is 41.3. The van der Waals surface area contributed by atoms with Crippen LogP contribution in [0.5, 0.6) is 0 Å². The first kappa shape index (κ1) is 26.0. The van der Waals surface area contributed by atoms with Crippen molar-refractivity contribution in [1.82, 2.24) is 0 Å². The minimum absolute atomic E-state index is 0.0683. The topological polar surface area (TPSA) is 79.0 Å². The Morgan fingerprint density at radius 1 is 1.28 bits per heavy atom. The molecule has 1 unspecified atom stereocenters. The van der Waals surface area contributed by atoms with E-state index in [4.69, 9.17) is 16.3 Å². The Morgan fingerprint density at radius 3 is 2.61 bits per heavy atom. The van der Waals surface area contributed by atoms with Crippen LogP contribution in [0.3, 0.4) is 0 Å². The third kappa shape index (κ3) is 2.97. The van der Waals surface area contributed by atoms with Gasteiger partial charge in [-0.25, -0.2) is 8.78 Å². The number of aliphatic hydroxyl groups is 1. The smallest absolute Gasteiger partial charge is 0.306 e. The summed E-state index contributed by atoms with van der Waals surface area (Å²) in [6.07, 6.45) is 1.29. The van der Waals surface area contributed by atoms with Gasteiger partial charge in [0.2, 0.25) is 0 Å². The number of Topliss-reactive ketones (excluding diaryl/α,β-unsaturated/α-hetero) is 1. The average Bonchev–Trinajstić information content (AvgIpc) is 3.28. The number of hydrazone groups is 1. The predicted octanol–water partition coefficient (Wildman–Crippen LogP) is 4.01. The SMILES string of the molecule is CCC(=O)O[C@@]1(C(=O)CCl)[C@@H](C)C[C@H]2[C@@H]3C[C@H](F)C4=CC5=N[N+](C)=CC5C[C@]4(C)[C@@]3(F)[C@@H](O)C[C@@]21C. The molecule has 10 atom stereocenters. The molecule has 6 nitrogen and oxygen atoms in total. The highest BCUT2D eigenvalue weighted by Crippen LogP contribution is 2.72. The summed E-state index contributed by atoms with van der Waals surface area (Å²) in [5, 5.41) is 16.1. The van der Waals surface area contributed by atoms with Crippen LogP contribution < -0.4 is 0 Å². The van der Waals surface area contributed by atoms with Crippen molar-refractivity contribution in [3.05, 3.63) is 11.6 Å². The van der Waals surface area contributed by atoms with Crippen LogP contribution in [0.4, 0.5) is 8.78 Å². The molecule has 3 saturated carbocycles. The van der Waals surface area contributed by atoms with Gasteiger partial charge in [0.15, 0.2) is 24.6 Å². The molecule has 0 aromatic rings. The van der Waals surface area contributed by atoms with Gasteiger partial charge < -0.3 is 9.84 Å². The molecule has 5 aliphatic rings. The van der Waals surface area contributed by atoms with Gasteiger partial charge in [-0.1, -0.05) is 32.4 Å². The van der Waals surface area contributed by atoms with Crippen molar-refractivity contribution in [3.63, 3.8) is 0 Å². The van der Waals surface area contributed by atoms with Crippen molar-refractivity contribution in [2.45, 2.75) is 83.3 Å². The second-order valence-electron chi connectivity index (χ2n) is 12.1. The lowest BCUT2D eigenvalue weighted by atomic mass is 9.43. The van der Waals surface area contributed by atoms with E-state index in [9.17, 15) is 14.7 Å². The predicted molar refractivity (Wildman–Crippen MR) is 132 cm³/mol. The molecule has 1 aliphatic heterocycles. The molecule has 0 aromatic heterocycles. The van der Waals surface area contributed by atoms with Crippen molar-refractivity contribution >= 4 is 35.3 Å². The first-order valence-corrected chi connectivity index (χ1v) is 13.5. The molecule has 0 aromatic carbocycles. The van der Waals surface area contributed by atoms with E-state index in [2.05, 4.69) is 5.10 Å². The van der Waals surface area contributed by atoms with Crippen LogP contribution in [0.1, 0.15) is 59.8 Å². The largest absolute Gasteiger partial charge is 0.450 e. The lowest BCUT2D eigenvalue weighted by Crippen LogP contribution is -2.71. The van der Waals surface area contributed by atoms with Crippen LogP contribution in [-0.4, -0.2) is 69.9 Å². The van der Waals surface area contributed by atoms with Gasteiger partial charge in [0.1, 0.15) is 17.6 Å². The number of ether oxygens (including phenoxy) is 1. The van der Waals surface area contributed by atoms with Gasteiger partial charge in [-0.3, -0.25) is 9.59 Å². The summed E-state index contributed by atoms with van der Waals surface area (Å²) >= 11 is 6.04. The van der Waals surface area contributed by atoms with Gasteiger partial charge in [-0.2, -0.15) is 0 Å². The summed E-state index contributed by atoms with van der Waals surface area (Å²) in [5.74, 6) is -3.29. The van der Waals surface area contributed by atoms with E-state index in [1.165, 1.54) is 0 Å². The van der Waals surface area contributed by atoms with Crippen LogP contribution in [0.2, 0.25) is 0 Å². The van der Waals surface area contributed by atoms with Crippen molar-refractivity contribution in [2.24, 2.45) is 39.6 Å². The maximum atomic E-state index is 17.7. The third-order valence-electron chi connectivity index (χ3n) is 10.5. The molecule has 5 rings (SSSR count). The molecule has 1 heterocycles. The minimum atomic E-state index is -2.11. The van der Waals surface area contributed by atoms with Gasteiger partial charge in [-0.05, 0) is 48.4 Å². The fraction of sp³-hybridized carbons (Fsp3) is 0.778.